The SMILES string of the molecule is CC1CN(c2cnc(C(F)(F)F)c(NC(=O)c3cccc(/C(C=N)=C/N)n3)c2)CC(C)C1(C)O. The van der Waals surface area contributed by atoms with Crippen LogP contribution in [-0.2, 0) is 6.18 Å². The number of aromatic nitrogens is 2. The van der Waals surface area contributed by atoms with Gasteiger partial charge in [0.15, 0.2) is 5.69 Å². The van der Waals surface area contributed by atoms with Gasteiger partial charge < -0.3 is 26.5 Å². The zero-order valence-electron chi connectivity index (χ0n) is 19.0. The summed E-state index contributed by atoms with van der Waals surface area (Å²) in [4.78, 5) is 22.4. The first-order valence-electron chi connectivity index (χ1n) is 10.6. The highest BCUT2D eigenvalue weighted by molar-refractivity contribution is 6.08. The molecule has 1 saturated heterocycles. The zero-order valence-corrected chi connectivity index (χ0v) is 19.0. The number of nitrogens with zero attached hydrogens (tertiary/aromatic N) is 3. The molecule has 3 heterocycles. The molecule has 5 N–H and O–H groups in total. The number of carbonyl (C=O) groups excluding carboxylic acids is 1. The van der Waals surface area contributed by atoms with Crippen LogP contribution in [0.2, 0.25) is 0 Å². The number of allylic oxidation sites excluding steroid dienone is 1. The molecule has 2 unspecified atom stereocenters. The maximum absolute atomic E-state index is 13.6. The Balaban J connectivity index is 1.95. The van der Waals surface area contributed by atoms with Crippen molar-refractivity contribution < 1.29 is 23.1 Å². The monoisotopic (exact) mass is 476 g/mol. The van der Waals surface area contributed by atoms with E-state index in [2.05, 4.69) is 15.3 Å². The number of halogens is 3. The fraction of sp³-hybridized carbons (Fsp3) is 0.391. The fourth-order valence-corrected chi connectivity index (χ4v) is 3.87. The summed E-state index contributed by atoms with van der Waals surface area (Å²) in [6.45, 7) is 6.33. The first kappa shape index (κ1) is 25.2. The lowest BCUT2D eigenvalue weighted by Crippen LogP contribution is -2.54. The van der Waals surface area contributed by atoms with Crippen molar-refractivity contribution in [2.45, 2.75) is 32.5 Å². The van der Waals surface area contributed by atoms with Crippen LogP contribution >= 0.6 is 0 Å². The van der Waals surface area contributed by atoms with E-state index in [1.54, 1.807) is 6.92 Å². The van der Waals surface area contributed by atoms with E-state index in [-0.39, 0.29) is 28.8 Å². The Bertz CT molecular complexity index is 1100. The maximum atomic E-state index is 13.6. The van der Waals surface area contributed by atoms with Crippen molar-refractivity contribution in [1.29, 1.82) is 5.41 Å². The predicted octanol–water partition coefficient (Wildman–Crippen LogP) is 3.54. The predicted molar refractivity (Wildman–Crippen MR) is 124 cm³/mol. The van der Waals surface area contributed by atoms with E-state index >= 15 is 0 Å². The lowest BCUT2D eigenvalue weighted by atomic mass is 9.76. The molecule has 0 saturated carbocycles. The summed E-state index contributed by atoms with van der Waals surface area (Å²) >= 11 is 0. The minimum Gasteiger partial charge on any atom is -0.404 e. The highest BCUT2D eigenvalue weighted by atomic mass is 19.4. The van der Waals surface area contributed by atoms with E-state index in [0.29, 0.717) is 18.8 Å². The van der Waals surface area contributed by atoms with Crippen molar-refractivity contribution in [3.05, 3.63) is 53.7 Å². The molecule has 2 atom stereocenters. The molecule has 0 aliphatic carbocycles. The lowest BCUT2D eigenvalue weighted by Gasteiger charge is -2.46. The van der Waals surface area contributed by atoms with Crippen LogP contribution in [0.3, 0.4) is 0 Å². The number of anilines is 2. The van der Waals surface area contributed by atoms with Crippen molar-refractivity contribution in [2.75, 3.05) is 23.3 Å². The number of hydrogen-bond acceptors (Lipinski definition) is 7. The van der Waals surface area contributed by atoms with Crippen molar-refractivity contribution in [3.8, 4) is 0 Å². The molecular weight excluding hydrogens is 449 g/mol. The number of piperidine rings is 1. The minimum absolute atomic E-state index is 0.137. The van der Waals surface area contributed by atoms with Crippen LogP contribution in [0.15, 0.2) is 36.7 Å². The van der Waals surface area contributed by atoms with E-state index < -0.39 is 29.1 Å². The van der Waals surface area contributed by atoms with Gasteiger partial charge in [-0.3, -0.25) is 4.79 Å². The molecule has 0 aromatic carbocycles. The number of pyridine rings is 2. The Morgan fingerprint density at radius 1 is 1.29 bits per heavy atom. The summed E-state index contributed by atoms with van der Waals surface area (Å²) in [6.07, 6.45) is -1.57. The van der Waals surface area contributed by atoms with Gasteiger partial charge >= 0.3 is 6.18 Å². The molecule has 2 aromatic rings. The molecule has 8 nitrogen and oxygen atoms in total. The maximum Gasteiger partial charge on any atom is 0.435 e. The molecule has 3 rings (SSSR count). The van der Waals surface area contributed by atoms with E-state index in [1.165, 1.54) is 24.3 Å². The number of nitrogens with two attached hydrogens (primary N) is 1. The third-order valence-electron chi connectivity index (χ3n) is 6.35. The summed E-state index contributed by atoms with van der Waals surface area (Å²) in [5, 5.41) is 20.3. The summed E-state index contributed by atoms with van der Waals surface area (Å²) in [6, 6.07) is 5.60. The van der Waals surface area contributed by atoms with E-state index in [1.807, 2.05) is 18.7 Å². The summed E-state index contributed by atoms with van der Waals surface area (Å²) in [5.41, 5.74) is 3.55. The van der Waals surface area contributed by atoms with E-state index in [9.17, 15) is 23.1 Å². The largest absolute Gasteiger partial charge is 0.435 e. The topological polar surface area (TPSA) is 128 Å². The quantitative estimate of drug-likeness (QED) is 0.489. The molecule has 182 valence electrons. The van der Waals surface area contributed by atoms with Gasteiger partial charge in [-0.1, -0.05) is 19.9 Å². The standard InChI is InChI=1S/C23H27F3N6O2/c1-13-11-32(12-14(2)22(13,3)34)16-7-19(20(29-10-16)23(24,25)26)31-21(33)18-6-4-5-17(30-18)15(8-27)9-28/h4-10,13-14,27,34H,11-12,28H2,1-3H3,(H,31,33)/b15-9+,27-8?. The van der Waals surface area contributed by atoms with Crippen molar-refractivity contribution in [3.63, 3.8) is 0 Å². The van der Waals surface area contributed by atoms with Gasteiger partial charge in [0.1, 0.15) is 5.69 Å². The van der Waals surface area contributed by atoms with Crippen LogP contribution < -0.4 is 16.0 Å². The molecule has 1 aliphatic rings. The molecular formula is C23H27F3N6O2. The molecule has 1 fully saturated rings. The van der Waals surface area contributed by atoms with Gasteiger partial charge in [0.05, 0.1) is 28.9 Å². The number of carbonyl (C=O) groups is 1. The second kappa shape index (κ2) is 9.41. The van der Waals surface area contributed by atoms with E-state index in [4.69, 9.17) is 11.1 Å². The van der Waals surface area contributed by atoms with E-state index in [0.717, 1.165) is 18.6 Å². The van der Waals surface area contributed by atoms with Crippen LogP contribution in [0.5, 0.6) is 0 Å². The van der Waals surface area contributed by atoms with Crippen LogP contribution in [0.4, 0.5) is 24.5 Å². The Morgan fingerprint density at radius 3 is 2.47 bits per heavy atom. The first-order valence-corrected chi connectivity index (χ1v) is 10.6. The third kappa shape index (κ3) is 5.04. The number of hydrogen-bond donors (Lipinski definition) is 4. The molecule has 0 spiro atoms. The van der Waals surface area contributed by atoms with Gasteiger partial charge in [0, 0.05) is 42.9 Å². The van der Waals surface area contributed by atoms with Gasteiger partial charge in [-0.05, 0) is 25.1 Å². The van der Waals surface area contributed by atoms with Crippen molar-refractivity contribution in [2.24, 2.45) is 17.6 Å². The van der Waals surface area contributed by atoms with Crippen LogP contribution in [0.25, 0.3) is 5.57 Å². The number of aliphatic hydroxyl groups is 1. The smallest absolute Gasteiger partial charge is 0.404 e. The van der Waals surface area contributed by atoms with Gasteiger partial charge in [0.2, 0.25) is 0 Å². The van der Waals surface area contributed by atoms with Crippen LogP contribution in [0, 0.1) is 17.2 Å². The Labute approximate surface area is 195 Å². The molecule has 0 radical (unpaired) electrons. The number of nitrogens with one attached hydrogen (secondary N) is 2. The zero-order chi connectivity index (χ0) is 25.3. The molecule has 11 heteroatoms. The minimum atomic E-state index is -4.79. The third-order valence-corrected chi connectivity index (χ3v) is 6.35. The Hall–Kier alpha value is -3.47. The first-order chi connectivity index (χ1) is 15.9. The van der Waals surface area contributed by atoms with Gasteiger partial charge in [-0.2, -0.15) is 13.2 Å². The molecule has 0 bridgehead atoms. The fourth-order valence-electron chi connectivity index (χ4n) is 3.87. The second-order valence-electron chi connectivity index (χ2n) is 8.65. The van der Waals surface area contributed by atoms with Crippen LogP contribution in [-0.4, -0.2) is 45.9 Å². The lowest BCUT2D eigenvalue weighted by molar-refractivity contribution is -0.140. The number of amides is 1. The van der Waals surface area contributed by atoms with Gasteiger partial charge in [-0.25, -0.2) is 9.97 Å². The summed E-state index contributed by atoms with van der Waals surface area (Å²) in [5.74, 6) is -1.14. The van der Waals surface area contributed by atoms with Gasteiger partial charge in [0.25, 0.3) is 5.91 Å². The second-order valence-corrected chi connectivity index (χ2v) is 8.65. The Kier molecular flexibility index (Phi) is 6.97. The highest BCUT2D eigenvalue weighted by Gasteiger charge is 2.41. The normalized spacial score (nSPS) is 23.5. The summed E-state index contributed by atoms with van der Waals surface area (Å²) < 4.78 is 40.9. The van der Waals surface area contributed by atoms with Crippen LogP contribution in [0.1, 0.15) is 42.6 Å². The molecule has 34 heavy (non-hydrogen) atoms. The highest BCUT2D eigenvalue weighted by Crippen LogP contribution is 2.38. The average molecular weight is 477 g/mol. The Morgan fingerprint density at radius 2 is 1.91 bits per heavy atom. The molecule has 1 amide bonds. The molecule has 1 aliphatic heterocycles. The number of alkyl halides is 3. The van der Waals surface area contributed by atoms with Gasteiger partial charge in [-0.15, -0.1) is 0 Å². The van der Waals surface area contributed by atoms with Crippen molar-refractivity contribution >= 4 is 29.1 Å². The van der Waals surface area contributed by atoms with Crippen molar-refractivity contribution in [1.82, 2.24) is 9.97 Å². The number of rotatable bonds is 5. The molecule has 2 aromatic heterocycles. The average Bonchev–Trinajstić information content (AvgIpc) is 2.77. The summed E-state index contributed by atoms with van der Waals surface area (Å²) in [7, 11) is 0.